The van der Waals surface area contributed by atoms with Crippen LogP contribution in [0, 0.1) is 5.92 Å². The van der Waals surface area contributed by atoms with Gasteiger partial charge in [0.05, 0.1) is 17.2 Å². The normalized spacial score (nSPS) is 16.6. The molecule has 1 aromatic carbocycles. The Kier molecular flexibility index (Phi) is 4.52. The summed E-state index contributed by atoms with van der Waals surface area (Å²) in [6.45, 7) is 0. The van der Waals surface area contributed by atoms with Gasteiger partial charge in [-0.15, -0.1) is 0 Å². The van der Waals surface area contributed by atoms with Crippen LogP contribution in [0.15, 0.2) is 12.1 Å². The van der Waals surface area contributed by atoms with Gasteiger partial charge in [0.2, 0.25) is 0 Å². The molecule has 0 N–H and O–H groups in total. The SMILES string of the molecule is COc1cc(C(=O)C2CCCCC2)c(Cl)cc1Cl. The number of rotatable bonds is 3. The number of hydrogen-bond acceptors (Lipinski definition) is 2. The van der Waals surface area contributed by atoms with Gasteiger partial charge in [-0.25, -0.2) is 0 Å². The maximum Gasteiger partial charge on any atom is 0.167 e. The van der Waals surface area contributed by atoms with E-state index < -0.39 is 0 Å². The first kappa shape index (κ1) is 13.7. The number of ether oxygens (including phenoxy) is 1. The van der Waals surface area contributed by atoms with Crippen molar-refractivity contribution in [1.82, 2.24) is 0 Å². The summed E-state index contributed by atoms with van der Waals surface area (Å²) in [6.07, 6.45) is 5.39. The lowest BCUT2D eigenvalue weighted by atomic mass is 9.84. The monoisotopic (exact) mass is 286 g/mol. The Morgan fingerprint density at radius 3 is 2.44 bits per heavy atom. The standard InChI is InChI=1S/C14H16Cl2O2/c1-18-13-7-10(11(15)8-12(13)16)14(17)9-5-3-2-4-6-9/h7-9H,2-6H2,1H3. The molecule has 1 aliphatic carbocycles. The van der Waals surface area contributed by atoms with E-state index in [1.807, 2.05) is 0 Å². The van der Waals surface area contributed by atoms with Gasteiger partial charge in [-0.1, -0.05) is 42.5 Å². The summed E-state index contributed by atoms with van der Waals surface area (Å²) in [5.41, 5.74) is 0.532. The number of halogens is 2. The second-order valence-electron chi connectivity index (χ2n) is 4.67. The summed E-state index contributed by atoms with van der Waals surface area (Å²) in [4.78, 5) is 12.4. The van der Waals surface area contributed by atoms with Crippen LogP contribution in [0.2, 0.25) is 10.0 Å². The lowest BCUT2D eigenvalue weighted by Crippen LogP contribution is -2.18. The molecule has 18 heavy (non-hydrogen) atoms. The van der Waals surface area contributed by atoms with Gasteiger partial charge in [0.15, 0.2) is 5.78 Å². The molecule has 0 heterocycles. The third kappa shape index (κ3) is 2.81. The highest BCUT2D eigenvalue weighted by Crippen LogP contribution is 2.34. The Morgan fingerprint density at radius 2 is 1.83 bits per heavy atom. The minimum Gasteiger partial charge on any atom is -0.495 e. The molecule has 0 unspecified atom stereocenters. The highest BCUT2D eigenvalue weighted by Gasteiger charge is 2.25. The number of Topliss-reactive ketones (excluding diaryl/α,β-unsaturated/α-hetero) is 1. The lowest BCUT2D eigenvalue weighted by Gasteiger charge is -2.21. The predicted octanol–water partition coefficient (Wildman–Crippen LogP) is 4.77. The van der Waals surface area contributed by atoms with Gasteiger partial charge >= 0.3 is 0 Å². The van der Waals surface area contributed by atoms with E-state index in [0.29, 0.717) is 21.4 Å². The van der Waals surface area contributed by atoms with Crippen molar-refractivity contribution in [3.63, 3.8) is 0 Å². The predicted molar refractivity (Wildman–Crippen MR) is 73.9 cm³/mol. The van der Waals surface area contributed by atoms with Crippen LogP contribution < -0.4 is 4.74 Å². The van der Waals surface area contributed by atoms with E-state index >= 15 is 0 Å². The molecule has 0 aromatic heterocycles. The van der Waals surface area contributed by atoms with E-state index in [9.17, 15) is 4.79 Å². The zero-order chi connectivity index (χ0) is 13.1. The van der Waals surface area contributed by atoms with Gasteiger partial charge in [0.1, 0.15) is 5.75 Å². The average Bonchev–Trinajstić information content (AvgIpc) is 2.39. The van der Waals surface area contributed by atoms with E-state index in [2.05, 4.69) is 0 Å². The Labute approximate surface area is 117 Å². The highest BCUT2D eigenvalue weighted by atomic mass is 35.5. The molecule has 2 nitrogen and oxygen atoms in total. The molecule has 1 aliphatic rings. The Hall–Kier alpha value is -0.730. The average molecular weight is 287 g/mol. The minimum atomic E-state index is 0.0992. The van der Waals surface area contributed by atoms with E-state index in [4.69, 9.17) is 27.9 Å². The molecule has 0 radical (unpaired) electrons. The fourth-order valence-corrected chi connectivity index (χ4v) is 3.01. The highest BCUT2D eigenvalue weighted by molar-refractivity contribution is 6.37. The smallest absolute Gasteiger partial charge is 0.167 e. The molecule has 0 saturated heterocycles. The number of carbonyl (C=O) groups is 1. The van der Waals surface area contributed by atoms with Gasteiger partial charge < -0.3 is 4.74 Å². The van der Waals surface area contributed by atoms with Crippen molar-refractivity contribution >= 4 is 29.0 Å². The molecular weight excluding hydrogens is 271 g/mol. The zero-order valence-electron chi connectivity index (χ0n) is 10.3. The quantitative estimate of drug-likeness (QED) is 0.749. The van der Waals surface area contributed by atoms with Crippen molar-refractivity contribution in [2.75, 3.05) is 7.11 Å². The number of benzene rings is 1. The number of carbonyl (C=O) groups excluding carboxylic acids is 1. The molecule has 0 atom stereocenters. The Balaban J connectivity index is 2.28. The summed E-state index contributed by atoms with van der Waals surface area (Å²) in [5, 5.41) is 0.846. The largest absolute Gasteiger partial charge is 0.495 e. The van der Waals surface area contributed by atoms with Crippen LogP contribution >= 0.6 is 23.2 Å². The Bertz CT molecular complexity index is 451. The van der Waals surface area contributed by atoms with Crippen molar-refractivity contribution in [3.05, 3.63) is 27.7 Å². The van der Waals surface area contributed by atoms with Crippen molar-refractivity contribution in [3.8, 4) is 5.75 Å². The van der Waals surface area contributed by atoms with Crippen molar-refractivity contribution in [2.24, 2.45) is 5.92 Å². The molecule has 0 bridgehead atoms. The molecule has 0 amide bonds. The topological polar surface area (TPSA) is 26.3 Å². The maximum atomic E-state index is 12.4. The van der Waals surface area contributed by atoms with Crippen molar-refractivity contribution in [1.29, 1.82) is 0 Å². The van der Waals surface area contributed by atoms with E-state index in [-0.39, 0.29) is 11.7 Å². The van der Waals surface area contributed by atoms with Gasteiger partial charge in [-0.2, -0.15) is 0 Å². The third-order valence-corrected chi connectivity index (χ3v) is 4.09. The first-order valence-electron chi connectivity index (χ1n) is 6.20. The fourth-order valence-electron chi connectivity index (χ4n) is 2.46. The van der Waals surface area contributed by atoms with Crippen molar-refractivity contribution in [2.45, 2.75) is 32.1 Å². The summed E-state index contributed by atoms with van der Waals surface area (Å²) < 4.78 is 5.14. The van der Waals surface area contributed by atoms with Crippen LogP contribution in [0.1, 0.15) is 42.5 Å². The molecule has 2 rings (SSSR count). The number of methoxy groups -OCH3 is 1. The third-order valence-electron chi connectivity index (χ3n) is 3.48. The van der Waals surface area contributed by atoms with Crippen LogP contribution in [-0.2, 0) is 0 Å². The Morgan fingerprint density at radius 1 is 1.17 bits per heavy atom. The van der Waals surface area contributed by atoms with Crippen LogP contribution in [-0.4, -0.2) is 12.9 Å². The minimum absolute atomic E-state index is 0.0992. The van der Waals surface area contributed by atoms with Crippen LogP contribution in [0.25, 0.3) is 0 Å². The second kappa shape index (κ2) is 5.94. The summed E-state index contributed by atoms with van der Waals surface area (Å²) in [5.74, 6) is 0.719. The maximum absolute atomic E-state index is 12.4. The fraction of sp³-hybridized carbons (Fsp3) is 0.500. The van der Waals surface area contributed by atoms with Crippen LogP contribution in [0.3, 0.4) is 0 Å². The van der Waals surface area contributed by atoms with Gasteiger partial charge in [0.25, 0.3) is 0 Å². The summed E-state index contributed by atoms with van der Waals surface area (Å²) in [7, 11) is 1.53. The molecule has 1 fully saturated rings. The zero-order valence-corrected chi connectivity index (χ0v) is 11.9. The summed E-state index contributed by atoms with van der Waals surface area (Å²) >= 11 is 12.1. The number of hydrogen-bond donors (Lipinski definition) is 0. The van der Waals surface area contributed by atoms with E-state index in [1.54, 1.807) is 12.1 Å². The van der Waals surface area contributed by atoms with Crippen LogP contribution in [0.4, 0.5) is 0 Å². The molecule has 0 aliphatic heterocycles. The molecule has 1 saturated carbocycles. The molecule has 1 aromatic rings. The van der Waals surface area contributed by atoms with Gasteiger partial charge in [0, 0.05) is 11.5 Å². The van der Waals surface area contributed by atoms with Gasteiger partial charge in [-0.3, -0.25) is 4.79 Å². The molecule has 98 valence electrons. The van der Waals surface area contributed by atoms with E-state index in [0.717, 1.165) is 25.7 Å². The van der Waals surface area contributed by atoms with Gasteiger partial charge in [-0.05, 0) is 25.0 Å². The number of ketones is 1. The van der Waals surface area contributed by atoms with E-state index in [1.165, 1.54) is 13.5 Å². The molecule has 4 heteroatoms. The second-order valence-corrected chi connectivity index (χ2v) is 5.48. The van der Waals surface area contributed by atoms with Crippen molar-refractivity contribution < 1.29 is 9.53 Å². The lowest BCUT2D eigenvalue weighted by molar-refractivity contribution is 0.0889. The molecular formula is C14H16Cl2O2. The first-order valence-corrected chi connectivity index (χ1v) is 6.96. The van der Waals surface area contributed by atoms with Crippen LogP contribution in [0.5, 0.6) is 5.75 Å². The molecule has 0 spiro atoms. The summed E-state index contributed by atoms with van der Waals surface area (Å²) in [6, 6.07) is 3.24. The first-order chi connectivity index (χ1) is 8.63.